The topological polar surface area (TPSA) is 55.4 Å². The molecule has 0 atom stereocenters. The average molecular weight is 759 g/mol. The van der Waals surface area contributed by atoms with Crippen LogP contribution in [0.3, 0.4) is 0 Å². The van der Waals surface area contributed by atoms with Crippen molar-refractivity contribution in [3.63, 3.8) is 0 Å². The van der Waals surface area contributed by atoms with E-state index in [0.29, 0.717) is 47.7 Å². The van der Waals surface area contributed by atoms with Crippen LogP contribution in [0.5, 0.6) is 34.5 Å². The van der Waals surface area contributed by atoms with E-state index in [4.69, 9.17) is 28.4 Å². The Morgan fingerprint density at radius 3 is 1.11 bits per heavy atom. The number of rotatable bonds is 16. The van der Waals surface area contributed by atoms with Crippen LogP contribution in [0.15, 0.2) is 121 Å². The predicted octanol–water partition coefficient (Wildman–Crippen LogP) is 12.3. The molecular weight excluding hydrogens is 709 g/mol. The number of methoxy groups -OCH3 is 4. The van der Waals surface area contributed by atoms with Crippen LogP contribution in [0.1, 0.15) is 71.2 Å². The van der Waals surface area contributed by atoms with Crippen molar-refractivity contribution in [2.75, 3.05) is 28.4 Å². The number of ether oxygens (including phenoxy) is 6. The second-order valence-corrected chi connectivity index (χ2v) is 14.1. The zero-order valence-corrected chi connectivity index (χ0v) is 33.6. The highest BCUT2D eigenvalue weighted by Gasteiger charge is 2.40. The van der Waals surface area contributed by atoms with Gasteiger partial charge in [0.25, 0.3) is 0 Å². The molecule has 0 N–H and O–H groups in total. The summed E-state index contributed by atoms with van der Waals surface area (Å²) in [6.45, 7) is 5.43. The van der Waals surface area contributed by atoms with Gasteiger partial charge in [-0.25, -0.2) is 0 Å². The molecule has 6 heteroatoms. The van der Waals surface area contributed by atoms with Crippen LogP contribution in [-0.2, 0) is 18.6 Å². The molecule has 0 fully saturated rings. The van der Waals surface area contributed by atoms with E-state index in [1.165, 1.54) is 22.3 Å². The van der Waals surface area contributed by atoms with Gasteiger partial charge in [0.1, 0.15) is 13.2 Å². The lowest BCUT2D eigenvalue weighted by molar-refractivity contribution is 0.266. The van der Waals surface area contributed by atoms with Crippen molar-refractivity contribution >= 4 is 24.3 Å². The maximum atomic E-state index is 6.18. The minimum Gasteiger partial charge on any atom is -0.493 e. The predicted molar refractivity (Wildman–Crippen MR) is 232 cm³/mol. The highest BCUT2D eigenvalue weighted by molar-refractivity contribution is 5.85. The maximum Gasteiger partial charge on any atom is 0.203 e. The van der Waals surface area contributed by atoms with Gasteiger partial charge in [0, 0.05) is 5.41 Å². The van der Waals surface area contributed by atoms with Crippen LogP contribution in [0.25, 0.3) is 35.4 Å². The molecule has 0 unspecified atom stereocenters. The Morgan fingerprint density at radius 1 is 0.421 bits per heavy atom. The monoisotopic (exact) mass is 758 g/mol. The fourth-order valence-electron chi connectivity index (χ4n) is 7.87. The van der Waals surface area contributed by atoms with Gasteiger partial charge in [-0.2, -0.15) is 0 Å². The lowest BCUT2D eigenvalue weighted by Crippen LogP contribution is -2.23. The Balaban J connectivity index is 1.13. The molecule has 1 aliphatic carbocycles. The van der Waals surface area contributed by atoms with Crippen molar-refractivity contribution in [3.05, 3.63) is 166 Å². The summed E-state index contributed by atoms with van der Waals surface area (Å²) in [5.74, 6) is 3.67. The molecular formula is C51H50O6. The molecule has 6 nitrogen and oxygen atoms in total. The highest BCUT2D eigenvalue weighted by Crippen LogP contribution is 2.53. The van der Waals surface area contributed by atoms with Crippen molar-refractivity contribution in [1.82, 2.24) is 0 Å². The summed E-state index contributed by atoms with van der Waals surface area (Å²) in [7, 11) is 6.62. The first-order chi connectivity index (χ1) is 27.9. The van der Waals surface area contributed by atoms with Crippen molar-refractivity contribution in [1.29, 1.82) is 0 Å². The van der Waals surface area contributed by atoms with Gasteiger partial charge in [0.2, 0.25) is 11.5 Å². The van der Waals surface area contributed by atoms with E-state index < -0.39 is 0 Å². The first-order valence-electron chi connectivity index (χ1n) is 19.4. The molecule has 7 rings (SSSR count). The molecule has 0 bridgehead atoms. The summed E-state index contributed by atoms with van der Waals surface area (Å²) in [6.07, 6.45) is 10.5. The minimum atomic E-state index is -0.104. The van der Waals surface area contributed by atoms with Crippen LogP contribution in [0, 0.1) is 0 Å². The van der Waals surface area contributed by atoms with E-state index in [9.17, 15) is 0 Å². The zero-order chi connectivity index (χ0) is 39.8. The van der Waals surface area contributed by atoms with Crippen molar-refractivity contribution in [2.24, 2.45) is 0 Å². The largest absolute Gasteiger partial charge is 0.493 e. The Bertz CT molecular complexity index is 2160. The summed E-state index contributed by atoms with van der Waals surface area (Å²) in [6, 6.07) is 41.8. The normalized spacial score (nSPS) is 12.7. The van der Waals surface area contributed by atoms with Gasteiger partial charge in [-0.15, -0.1) is 0 Å². The van der Waals surface area contributed by atoms with Gasteiger partial charge in [-0.05, 0) is 92.7 Å². The second kappa shape index (κ2) is 17.6. The van der Waals surface area contributed by atoms with Gasteiger partial charge < -0.3 is 28.4 Å². The molecule has 6 aromatic carbocycles. The van der Waals surface area contributed by atoms with Crippen LogP contribution in [0.2, 0.25) is 0 Å². The quantitative estimate of drug-likeness (QED) is 0.0916. The lowest BCUT2D eigenvalue weighted by atomic mass is 9.73. The van der Waals surface area contributed by atoms with E-state index in [0.717, 1.165) is 46.2 Å². The Kier molecular flexibility index (Phi) is 12.0. The molecule has 0 spiro atoms. The molecule has 0 aromatic heterocycles. The highest BCUT2D eigenvalue weighted by atomic mass is 16.5. The first kappa shape index (κ1) is 38.9. The fourth-order valence-corrected chi connectivity index (χ4v) is 7.87. The lowest BCUT2D eigenvalue weighted by Gasteiger charge is -2.30. The van der Waals surface area contributed by atoms with Gasteiger partial charge in [-0.3, -0.25) is 0 Å². The standard InChI is InChI=1S/C51H50O6/c1-7-51(8-2)43-27-35(19-21-39-29-45(52-3)49(46(30-39)53-4)56-33-37-15-11-9-12-16-37)23-25-41(43)42-26-24-36(28-44(42)51)20-22-40-31-47(54-5)50(48(32-40)55-6)57-34-38-17-13-10-14-18-38/h9-32H,7-8,33-34H2,1-6H3/b21-19+,22-20+. The SMILES string of the molecule is CCC1(CC)c2cc(/C=C/c3cc(OC)c(OCc4ccccc4)c(OC)c3)ccc2-c2ccc(/C=C/c3cc(OC)c(OCc4ccccc4)c(OC)c3)cc21. The van der Waals surface area contributed by atoms with Crippen molar-refractivity contribution < 1.29 is 28.4 Å². The molecule has 0 heterocycles. The van der Waals surface area contributed by atoms with E-state index in [-0.39, 0.29) is 5.41 Å². The summed E-state index contributed by atoms with van der Waals surface area (Å²) in [5.41, 5.74) is 11.5. The average Bonchev–Trinajstić information content (AvgIpc) is 3.54. The Labute approximate surface area is 336 Å². The second-order valence-electron chi connectivity index (χ2n) is 14.1. The molecule has 57 heavy (non-hydrogen) atoms. The number of fused-ring (bicyclic) bond motifs is 3. The van der Waals surface area contributed by atoms with Crippen LogP contribution in [-0.4, -0.2) is 28.4 Å². The third-order valence-corrected chi connectivity index (χ3v) is 11.0. The molecule has 290 valence electrons. The zero-order valence-electron chi connectivity index (χ0n) is 33.6. The summed E-state index contributed by atoms with van der Waals surface area (Å²) in [5, 5.41) is 0. The molecule has 0 radical (unpaired) electrons. The first-order valence-corrected chi connectivity index (χ1v) is 19.4. The molecule has 6 aromatic rings. The summed E-state index contributed by atoms with van der Waals surface area (Å²) >= 11 is 0. The van der Waals surface area contributed by atoms with E-state index in [2.05, 4.69) is 74.5 Å². The Morgan fingerprint density at radius 2 is 0.772 bits per heavy atom. The van der Waals surface area contributed by atoms with Gasteiger partial charge >= 0.3 is 0 Å². The molecule has 0 aliphatic heterocycles. The van der Waals surface area contributed by atoms with Gasteiger partial charge in [-0.1, -0.05) is 135 Å². The molecule has 0 saturated carbocycles. The van der Waals surface area contributed by atoms with E-state index in [1.54, 1.807) is 28.4 Å². The summed E-state index contributed by atoms with van der Waals surface area (Å²) in [4.78, 5) is 0. The van der Waals surface area contributed by atoms with Gasteiger partial charge in [0.05, 0.1) is 28.4 Å². The third-order valence-electron chi connectivity index (χ3n) is 11.0. The van der Waals surface area contributed by atoms with Crippen LogP contribution < -0.4 is 28.4 Å². The number of benzene rings is 6. The van der Waals surface area contributed by atoms with Crippen molar-refractivity contribution in [2.45, 2.75) is 45.3 Å². The molecule has 0 amide bonds. The van der Waals surface area contributed by atoms with Crippen LogP contribution >= 0.6 is 0 Å². The fraction of sp³-hybridized carbons (Fsp3) is 0.216. The Hall–Kier alpha value is -6.40. The minimum absolute atomic E-state index is 0.104. The maximum absolute atomic E-state index is 6.18. The van der Waals surface area contributed by atoms with E-state index >= 15 is 0 Å². The van der Waals surface area contributed by atoms with Crippen molar-refractivity contribution in [3.8, 4) is 45.6 Å². The third kappa shape index (κ3) is 8.13. The van der Waals surface area contributed by atoms with E-state index in [1.807, 2.05) is 84.9 Å². The number of hydrogen-bond donors (Lipinski definition) is 0. The summed E-state index contributed by atoms with van der Waals surface area (Å²) < 4.78 is 35.4. The molecule has 1 aliphatic rings. The number of hydrogen-bond acceptors (Lipinski definition) is 6. The van der Waals surface area contributed by atoms with Crippen LogP contribution in [0.4, 0.5) is 0 Å². The smallest absolute Gasteiger partial charge is 0.203 e. The molecule has 0 saturated heterocycles. The van der Waals surface area contributed by atoms with Gasteiger partial charge in [0.15, 0.2) is 23.0 Å².